The Balaban J connectivity index is 1.40. The lowest BCUT2D eigenvalue weighted by atomic mass is 9.72. The van der Waals surface area contributed by atoms with Gasteiger partial charge in [-0.25, -0.2) is 0 Å². The number of aliphatic imine (C=N–C) groups is 1. The van der Waals surface area contributed by atoms with Crippen molar-refractivity contribution < 1.29 is 54.1 Å². The first kappa shape index (κ1) is 34.0. The number of methoxy groups -OCH3 is 1. The average molecular weight is 667 g/mol. The van der Waals surface area contributed by atoms with Gasteiger partial charge in [0.25, 0.3) is 0 Å². The molecule has 4 aliphatic rings. The van der Waals surface area contributed by atoms with Crippen molar-refractivity contribution in [3.8, 4) is 17.2 Å². The van der Waals surface area contributed by atoms with Crippen LogP contribution in [-0.4, -0.2) is 111 Å². The van der Waals surface area contributed by atoms with Crippen LogP contribution in [0.1, 0.15) is 101 Å². The summed E-state index contributed by atoms with van der Waals surface area (Å²) in [5.74, 6) is -2.92. The maximum Gasteiger partial charge on any atom is 0.202 e. The van der Waals surface area contributed by atoms with Gasteiger partial charge in [-0.3, -0.25) is 19.4 Å². The standard InChI is InChI=1S/C35H42N2O11/c1-17-30(40)21(36-18(2)37-11-6-4-5-7-12-37)13-25(47-17)48-23-15-35(45,24(39)16-38)14-20-27(23)34(44)29-28(32(20)42)31(41)19-9-8-10-22(46-3)26(19)33(29)43/h8-10,17,21,23,25,30,38,40,42,44-45H,4-7,11-16H2,1-3H3/t17?,21-,23-,25?,30-,35?/m0/s1. The molecular formula is C35H42N2O11. The van der Waals surface area contributed by atoms with E-state index in [0.717, 1.165) is 44.6 Å². The number of aromatic hydroxyl groups is 2. The molecule has 0 radical (unpaired) electrons. The van der Waals surface area contributed by atoms with E-state index in [1.807, 2.05) is 6.92 Å². The molecule has 0 saturated carbocycles. The number of ketones is 3. The van der Waals surface area contributed by atoms with Gasteiger partial charge in [0.15, 0.2) is 17.9 Å². The molecule has 2 fully saturated rings. The van der Waals surface area contributed by atoms with E-state index < -0.39 is 95.7 Å². The number of likely N-dealkylation sites (tertiary alicyclic amines) is 1. The van der Waals surface area contributed by atoms with Gasteiger partial charge in [0.1, 0.15) is 35.6 Å². The third-order valence-electron chi connectivity index (χ3n) is 10.1. The van der Waals surface area contributed by atoms with Gasteiger partial charge in [0.05, 0.1) is 47.9 Å². The summed E-state index contributed by atoms with van der Waals surface area (Å²) in [5.41, 5.74) is -3.57. The van der Waals surface area contributed by atoms with Crippen LogP contribution >= 0.6 is 0 Å². The molecule has 0 aromatic heterocycles. The van der Waals surface area contributed by atoms with Crippen LogP contribution < -0.4 is 4.74 Å². The number of rotatable bonds is 6. The van der Waals surface area contributed by atoms with Gasteiger partial charge < -0.3 is 44.6 Å². The number of ether oxygens (including phenoxy) is 3. The zero-order chi connectivity index (χ0) is 34.5. The summed E-state index contributed by atoms with van der Waals surface area (Å²) in [5, 5.41) is 55.6. The number of fused-ring (bicyclic) bond motifs is 3. The van der Waals surface area contributed by atoms with Crippen LogP contribution in [0.15, 0.2) is 23.2 Å². The summed E-state index contributed by atoms with van der Waals surface area (Å²) in [6, 6.07) is 3.79. The number of carbonyl (C=O) groups excluding carboxylic acids is 3. The first-order chi connectivity index (χ1) is 22.9. The molecule has 2 aliphatic carbocycles. The zero-order valence-electron chi connectivity index (χ0n) is 27.3. The third kappa shape index (κ3) is 5.77. The number of carbonyl (C=O) groups is 3. The lowest BCUT2D eigenvalue weighted by Crippen LogP contribution is -2.50. The Kier molecular flexibility index (Phi) is 9.35. The van der Waals surface area contributed by atoms with Crippen molar-refractivity contribution in [1.82, 2.24) is 4.90 Å². The fraction of sp³-hybridized carbons (Fsp3) is 0.543. The van der Waals surface area contributed by atoms with Crippen LogP contribution in [0, 0.1) is 0 Å². The summed E-state index contributed by atoms with van der Waals surface area (Å²) < 4.78 is 17.7. The van der Waals surface area contributed by atoms with Gasteiger partial charge in [0.2, 0.25) is 5.78 Å². The minimum Gasteiger partial charge on any atom is -0.507 e. The Bertz CT molecular complexity index is 1660. The van der Waals surface area contributed by atoms with Crippen molar-refractivity contribution in [3.05, 3.63) is 51.6 Å². The highest BCUT2D eigenvalue weighted by Crippen LogP contribution is 2.52. The molecule has 0 spiro atoms. The van der Waals surface area contributed by atoms with E-state index in [4.69, 9.17) is 19.2 Å². The van der Waals surface area contributed by atoms with E-state index in [2.05, 4.69) is 4.90 Å². The van der Waals surface area contributed by atoms with Gasteiger partial charge in [0, 0.05) is 49.0 Å². The van der Waals surface area contributed by atoms with Gasteiger partial charge in [-0.05, 0) is 32.8 Å². The Morgan fingerprint density at radius 2 is 1.75 bits per heavy atom. The molecule has 48 heavy (non-hydrogen) atoms. The van der Waals surface area contributed by atoms with Crippen LogP contribution in [0.4, 0.5) is 0 Å². The minimum absolute atomic E-state index is 0.0444. The van der Waals surface area contributed by atoms with E-state index in [-0.39, 0.29) is 34.4 Å². The van der Waals surface area contributed by atoms with Crippen LogP contribution in [0.2, 0.25) is 0 Å². The number of Topliss-reactive ketones (excluding diaryl/α,β-unsaturated/α-hetero) is 1. The number of phenolic OH excluding ortho intramolecular Hbond substituents is 2. The maximum absolute atomic E-state index is 13.9. The fourth-order valence-electron chi connectivity index (χ4n) is 7.53. The molecule has 2 heterocycles. The van der Waals surface area contributed by atoms with Gasteiger partial charge in [-0.2, -0.15) is 0 Å². The molecule has 2 aromatic rings. The molecule has 2 aromatic carbocycles. The summed E-state index contributed by atoms with van der Waals surface area (Å²) in [6.45, 7) is 4.29. The predicted octanol–water partition coefficient (Wildman–Crippen LogP) is 2.34. The lowest BCUT2D eigenvalue weighted by molar-refractivity contribution is -0.247. The number of aliphatic hydroxyl groups excluding tert-OH is 2. The molecule has 13 heteroatoms. The van der Waals surface area contributed by atoms with Crippen molar-refractivity contribution in [2.75, 3.05) is 26.8 Å². The summed E-state index contributed by atoms with van der Waals surface area (Å²) in [4.78, 5) is 47.6. The third-order valence-corrected chi connectivity index (χ3v) is 10.1. The van der Waals surface area contributed by atoms with Gasteiger partial charge >= 0.3 is 0 Å². The SMILES string of the molecule is COc1cccc2c1C(=O)c1c(O)c3c(c(O)c1C2=O)CC(O)(C(=O)CO)C[C@@H]3OC1C[C@H](N=C(C)N2CCCCCC2)[C@@H](O)C(C)O1. The Hall–Kier alpha value is -3.88. The monoisotopic (exact) mass is 666 g/mol. The van der Waals surface area contributed by atoms with E-state index in [9.17, 15) is 39.9 Å². The molecule has 258 valence electrons. The van der Waals surface area contributed by atoms with Gasteiger partial charge in [-0.1, -0.05) is 25.0 Å². The van der Waals surface area contributed by atoms with E-state index >= 15 is 0 Å². The number of amidine groups is 1. The number of nitrogens with zero attached hydrogens (tertiary/aromatic N) is 2. The molecule has 6 atom stereocenters. The number of phenols is 2. The first-order valence-electron chi connectivity index (χ1n) is 16.4. The largest absolute Gasteiger partial charge is 0.507 e. The second kappa shape index (κ2) is 13.2. The van der Waals surface area contributed by atoms with Crippen molar-refractivity contribution in [1.29, 1.82) is 0 Å². The molecule has 5 N–H and O–H groups in total. The normalized spacial score (nSPS) is 29.1. The van der Waals surface area contributed by atoms with Crippen molar-refractivity contribution in [2.24, 2.45) is 4.99 Å². The number of benzene rings is 2. The average Bonchev–Trinajstić information content (AvgIpc) is 3.36. The molecule has 2 aliphatic heterocycles. The lowest BCUT2D eigenvalue weighted by Gasteiger charge is -2.42. The maximum atomic E-state index is 13.9. The highest BCUT2D eigenvalue weighted by atomic mass is 16.7. The number of hydrogen-bond donors (Lipinski definition) is 5. The Morgan fingerprint density at radius 3 is 2.42 bits per heavy atom. The van der Waals surface area contributed by atoms with E-state index in [1.165, 1.54) is 25.3 Å². The van der Waals surface area contributed by atoms with Crippen LogP contribution in [0.5, 0.6) is 17.2 Å². The second-order valence-corrected chi connectivity index (χ2v) is 13.1. The van der Waals surface area contributed by atoms with Crippen LogP contribution in [-0.2, 0) is 20.7 Å². The zero-order valence-corrected chi connectivity index (χ0v) is 27.3. The van der Waals surface area contributed by atoms with Crippen LogP contribution in [0.3, 0.4) is 0 Å². The fourth-order valence-corrected chi connectivity index (χ4v) is 7.53. The minimum atomic E-state index is -2.26. The highest BCUT2D eigenvalue weighted by molar-refractivity contribution is 6.31. The Labute approximate surface area is 277 Å². The number of hydrogen-bond acceptors (Lipinski definition) is 12. The molecule has 0 bridgehead atoms. The van der Waals surface area contributed by atoms with Crippen molar-refractivity contribution in [3.63, 3.8) is 0 Å². The van der Waals surface area contributed by atoms with Crippen LogP contribution in [0.25, 0.3) is 0 Å². The topological polar surface area (TPSA) is 196 Å². The molecule has 2 saturated heterocycles. The van der Waals surface area contributed by atoms with E-state index in [0.29, 0.717) is 0 Å². The molecule has 6 rings (SSSR count). The quantitative estimate of drug-likeness (QED) is 0.147. The van der Waals surface area contributed by atoms with E-state index in [1.54, 1.807) is 6.92 Å². The highest BCUT2D eigenvalue weighted by Gasteiger charge is 2.50. The second-order valence-electron chi connectivity index (χ2n) is 13.1. The first-order valence-corrected chi connectivity index (χ1v) is 16.4. The molecular weight excluding hydrogens is 624 g/mol. The summed E-state index contributed by atoms with van der Waals surface area (Å²) >= 11 is 0. The molecule has 13 nitrogen and oxygen atoms in total. The smallest absolute Gasteiger partial charge is 0.202 e. The van der Waals surface area contributed by atoms with Gasteiger partial charge in [-0.15, -0.1) is 0 Å². The predicted molar refractivity (Wildman–Crippen MR) is 171 cm³/mol. The molecule has 3 unspecified atom stereocenters. The number of aliphatic hydroxyl groups is 3. The molecule has 0 amide bonds. The van der Waals surface area contributed by atoms with Crippen molar-refractivity contribution in [2.45, 2.75) is 95.0 Å². The Morgan fingerprint density at radius 1 is 1.06 bits per heavy atom. The summed E-state index contributed by atoms with van der Waals surface area (Å²) in [6.07, 6.45) is -0.659. The summed E-state index contributed by atoms with van der Waals surface area (Å²) in [7, 11) is 1.34. The van der Waals surface area contributed by atoms with Crippen molar-refractivity contribution >= 4 is 23.2 Å².